The van der Waals surface area contributed by atoms with Crippen LogP contribution >= 0.6 is 0 Å². The summed E-state index contributed by atoms with van der Waals surface area (Å²) >= 11 is 0. The zero-order chi connectivity index (χ0) is 12.1. The van der Waals surface area contributed by atoms with E-state index in [1.807, 2.05) is 6.20 Å². The van der Waals surface area contributed by atoms with Gasteiger partial charge in [-0.25, -0.2) is 9.97 Å². The van der Waals surface area contributed by atoms with E-state index in [2.05, 4.69) is 27.1 Å². The van der Waals surface area contributed by atoms with Crippen LogP contribution in [-0.2, 0) is 13.0 Å². The van der Waals surface area contributed by atoms with Crippen molar-refractivity contribution in [2.24, 2.45) is 5.73 Å². The maximum atomic E-state index is 5.44. The number of rotatable bonds is 5. The van der Waals surface area contributed by atoms with Gasteiger partial charge < -0.3 is 11.1 Å². The first-order chi connectivity index (χ1) is 8.33. The molecule has 0 bridgehead atoms. The lowest BCUT2D eigenvalue weighted by Gasteiger charge is -2.27. The Kier molecular flexibility index (Phi) is 4.28. The minimum Gasteiger partial charge on any atom is -0.353 e. The van der Waals surface area contributed by atoms with Crippen LogP contribution in [0.3, 0.4) is 0 Å². The highest BCUT2D eigenvalue weighted by Gasteiger charge is 2.17. The quantitative estimate of drug-likeness (QED) is 0.783. The Morgan fingerprint density at radius 2 is 2.41 bits per heavy atom. The summed E-state index contributed by atoms with van der Waals surface area (Å²) in [6, 6.07) is 0. The van der Waals surface area contributed by atoms with E-state index >= 15 is 0 Å². The molecule has 3 N–H and O–H groups in total. The molecule has 0 amide bonds. The summed E-state index contributed by atoms with van der Waals surface area (Å²) in [6.45, 7) is 6.79. The Balaban J connectivity index is 2.03. The summed E-state index contributed by atoms with van der Waals surface area (Å²) in [5.74, 6) is 0.707. The average Bonchev–Trinajstić information content (AvgIpc) is 2.36. The van der Waals surface area contributed by atoms with Gasteiger partial charge in [0, 0.05) is 44.4 Å². The smallest absolute Gasteiger partial charge is 0.222 e. The molecule has 0 aromatic carbocycles. The molecule has 0 atom stereocenters. The molecule has 0 saturated carbocycles. The third-order valence-corrected chi connectivity index (χ3v) is 2.98. The molecular weight excluding hydrogens is 214 g/mol. The van der Waals surface area contributed by atoms with Gasteiger partial charge in [-0.3, -0.25) is 4.90 Å². The highest BCUT2D eigenvalue weighted by molar-refractivity contribution is 5.30. The molecule has 0 spiro atoms. The molecular formula is C12H21N5. The minimum atomic E-state index is 0.602. The van der Waals surface area contributed by atoms with Crippen molar-refractivity contribution in [3.05, 3.63) is 17.5 Å². The van der Waals surface area contributed by atoms with E-state index in [0.29, 0.717) is 12.5 Å². The first-order valence-electron chi connectivity index (χ1n) is 6.34. The van der Waals surface area contributed by atoms with E-state index in [9.17, 15) is 0 Å². The van der Waals surface area contributed by atoms with Gasteiger partial charge in [-0.2, -0.15) is 0 Å². The van der Waals surface area contributed by atoms with Gasteiger partial charge in [0.25, 0.3) is 0 Å². The molecule has 2 heterocycles. The van der Waals surface area contributed by atoms with Gasteiger partial charge in [0.05, 0.1) is 5.69 Å². The van der Waals surface area contributed by atoms with Crippen molar-refractivity contribution in [1.82, 2.24) is 14.9 Å². The summed E-state index contributed by atoms with van der Waals surface area (Å²) in [6.07, 6.45) is 4.17. The van der Waals surface area contributed by atoms with E-state index in [-0.39, 0.29) is 0 Å². The normalized spacial score (nSPS) is 15.6. The van der Waals surface area contributed by atoms with Crippen LogP contribution in [0.25, 0.3) is 0 Å². The topological polar surface area (TPSA) is 67.1 Å². The average molecular weight is 235 g/mol. The number of aromatic nitrogens is 2. The lowest BCUT2D eigenvalue weighted by molar-refractivity contribution is 0.252. The van der Waals surface area contributed by atoms with Gasteiger partial charge >= 0.3 is 0 Å². The number of hydrogen-bond acceptors (Lipinski definition) is 5. The molecule has 1 aromatic heterocycles. The molecule has 5 nitrogen and oxygen atoms in total. The molecule has 0 unspecified atom stereocenters. The standard InChI is InChI=1S/C12H21N5/c1-2-6-17-7-3-11-10(9-17)8-15-12(16-11)14-5-4-13/h8H,2-7,9,13H2,1H3,(H,14,15,16). The SMILES string of the molecule is CCCN1CCc2nc(NCCN)ncc2C1. The van der Waals surface area contributed by atoms with Gasteiger partial charge in [0.1, 0.15) is 0 Å². The molecule has 5 heteroatoms. The fourth-order valence-electron chi connectivity index (χ4n) is 2.15. The zero-order valence-electron chi connectivity index (χ0n) is 10.4. The second-order valence-corrected chi connectivity index (χ2v) is 4.41. The predicted octanol–water partition coefficient (Wildman–Crippen LogP) is 0.615. The first-order valence-corrected chi connectivity index (χ1v) is 6.34. The molecule has 94 valence electrons. The van der Waals surface area contributed by atoms with Crippen molar-refractivity contribution < 1.29 is 0 Å². The van der Waals surface area contributed by atoms with Gasteiger partial charge in [-0.1, -0.05) is 6.92 Å². The van der Waals surface area contributed by atoms with Crippen LogP contribution in [0.5, 0.6) is 0 Å². The maximum absolute atomic E-state index is 5.44. The van der Waals surface area contributed by atoms with Crippen molar-refractivity contribution >= 4 is 5.95 Å². The second kappa shape index (κ2) is 5.93. The van der Waals surface area contributed by atoms with Gasteiger partial charge in [-0.05, 0) is 13.0 Å². The first kappa shape index (κ1) is 12.3. The number of nitrogens with zero attached hydrogens (tertiary/aromatic N) is 3. The van der Waals surface area contributed by atoms with E-state index in [1.54, 1.807) is 0 Å². The Hall–Kier alpha value is -1.20. The summed E-state index contributed by atoms with van der Waals surface area (Å²) < 4.78 is 0. The molecule has 1 aromatic rings. The van der Waals surface area contributed by atoms with E-state index in [1.165, 1.54) is 17.7 Å². The lowest BCUT2D eigenvalue weighted by Crippen LogP contribution is -2.32. The number of hydrogen-bond donors (Lipinski definition) is 2. The molecule has 17 heavy (non-hydrogen) atoms. The van der Waals surface area contributed by atoms with E-state index in [4.69, 9.17) is 5.73 Å². The van der Waals surface area contributed by atoms with Gasteiger partial charge in [0.2, 0.25) is 5.95 Å². The molecule has 2 rings (SSSR count). The Labute approximate surface area is 102 Å². The zero-order valence-corrected chi connectivity index (χ0v) is 10.4. The lowest BCUT2D eigenvalue weighted by atomic mass is 10.1. The second-order valence-electron chi connectivity index (χ2n) is 4.41. The summed E-state index contributed by atoms with van der Waals surface area (Å²) in [7, 11) is 0. The van der Waals surface area contributed by atoms with Crippen molar-refractivity contribution in [3.8, 4) is 0 Å². The van der Waals surface area contributed by atoms with Crippen LogP contribution in [0.15, 0.2) is 6.20 Å². The Morgan fingerprint density at radius 1 is 1.53 bits per heavy atom. The summed E-state index contributed by atoms with van der Waals surface area (Å²) in [5.41, 5.74) is 7.89. The van der Waals surface area contributed by atoms with Crippen LogP contribution in [0.2, 0.25) is 0 Å². The molecule has 0 fully saturated rings. The number of nitrogens with one attached hydrogen (secondary N) is 1. The largest absolute Gasteiger partial charge is 0.353 e. The third kappa shape index (κ3) is 3.14. The number of anilines is 1. The fourth-order valence-corrected chi connectivity index (χ4v) is 2.15. The molecule has 0 aliphatic carbocycles. The molecule has 0 radical (unpaired) electrons. The van der Waals surface area contributed by atoms with Gasteiger partial charge in [0.15, 0.2) is 0 Å². The highest BCUT2D eigenvalue weighted by atomic mass is 15.1. The van der Waals surface area contributed by atoms with Crippen LogP contribution < -0.4 is 11.1 Å². The molecule has 1 aliphatic rings. The summed E-state index contributed by atoms with van der Waals surface area (Å²) in [5, 5.41) is 3.12. The third-order valence-electron chi connectivity index (χ3n) is 2.98. The monoisotopic (exact) mass is 235 g/mol. The van der Waals surface area contributed by atoms with Crippen LogP contribution in [0.4, 0.5) is 5.95 Å². The predicted molar refractivity (Wildman–Crippen MR) is 68.8 cm³/mol. The highest BCUT2D eigenvalue weighted by Crippen LogP contribution is 2.17. The van der Waals surface area contributed by atoms with Crippen LogP contribution in [0.1, 0.15) is 24.6 Å². The molecule has 1 aliphatic heterocycles. The van der Waals surface area contributed by atoms with Crippen molar-refractivity contribution in [2.75, 3.05) is 31.5 Å². The number of nitrogens with two attached hydrogens (primary N) is 1. The van der Waals surface area contributed by atoms with Crippen molar-refractivity contribution in [2.45, 2.75) is 26.3 Å². The van der Waals surface area contributed by atoms with E-state index < -0.39 is 0 Å². The van der Waals surface area contributed by atoms with Crippen LogP contribution in [-0.4, -0.2) is 41.0 Å². The molecule has 0 saturated heterocycles. The van der Waals surface area contributed by atoms with Crippen molar-refractivity contribution in [3.63, 3.8) is 0 Å². The van der Waals surface area contributed by atoms with E-state index in [0.717, 1.165) is 32.6 Å². The maximum Gasteiger partial charge on any atom is 0.222 e. The minimum absolute atomic E-state index is 0.602. The van der Waals surface area contributed by atoms with Crippen LogP contribution in [0, 0.1) is 0 Å². The number of fused-ring (bicyclic) bond motifs is 1. The Bertz CT molecular complexity index is 366. The summed E-state index contributed by atoms with van der Waals surface area (Å²) in [4.78, 5) is 11.3. The van der Waals surface area contributed by atoms with Gasteiger partial charge in [-0.15, -0.1) is 0 Å². The van der Waals surface area contributed by atoms with Crippen molar-refractivity contribution in [1.29, 1.82) is 0 Å². The Morgan fingerprint density at radius 3 is 3.18 bits per heavy atom. The fraction of sp³-hybridized carbons (Fsp3) is 0.667.